The van der Waals surface area contributed by atoms with Gasteiger partial charge in [-0.25, -0.2) is 0 Å². The second-order valence-electron chi connectivity index (χ2n) is 7.05. The van der Waals surface area contributed by atoms with E-state index < -0.39 is 5.41 Å². The maximum Gasteiger partial charge on any atom is 0.228 e. The van der Waals surface area contributed by atoms with Crippen LogP contribution in [0.15, 0.2) is 36.7 Å². The van der Waals surface area contributed by atoms with Crippen LogP contribution in [0, 0.1) is 0 Å². The number of nitrogens with zero attached hydrogens (tertiary/aromatic N) is 1. The number of amides is 1. The first kappa shape index (κ1) is 17.7. The van der Waals surface area contributed by atoms with Crippen molar-refractivity contribution in [3.05, 3.63) is 47.3 Å². The molecule has 0 spiro atoms. The molecule has 1 aromatic carbocycles. The van der Waals surface area contributed by atoms with E-state index in [2.05, 4.69) is 11.5 Å². The molecule has 0 bridgehead atoms. The highest BCUT2D eigenvalue weighted by Crippen LogP contribution is 2.37. The summed E-state index contributed by atoms with van der Waals surface area (Å²) in [7, 11) is 0. The quantitative estimate of drug-likeness (QED) is 0.857. The highest BCUT2D eigenvalue weighted by Gasteiger charge is 2.42. The number of carbonyl (C=O) groups excluding carboxylic acids is 1. The van der Waals surface area contributed by atoms with Gasteiger partial charge in [0.15, 0.2) is 5.88 Å². The minimum atomic E-state index is -0.677. The predicted octanol–water partition coefficient (Wildman–Crippen LogP) is 3.45. The third kappa shape index (κ3) is 3.99. The van der Waals surface area contributed by atoms with Gasteiger partial charge in [-0.05, 0) is 57.9 Å². The predicted molar refractivity (Wildman–Crippen MR) is 93.1 cm³/mol. The number of primary amides is 1. The Morgan fingerprint density at radius 3 is 2.43 bits per heavy atom. The molecular formula is C18H25ClN2O2. The van der Waals surface area contributed by atoms with Gasteiger partial charge >= 0.3 is 0 Å². The first-order valence-corrected chi connectivity index (χ1v) is 8.21. The zero-order valence-corrected chi connectivity index (χ0v) is 14.8. The average Bonchev–Trinajstić information content (AvgIpc) is 2.45. The normalized spacial score (nSPS) is 17.7. The van der Waals surface area contributed by atoms with Gasteiger partial charge in [0.2, 0.25) is 5.91 Å². The monoisotopic (exact) mass is 336 g/mol. The molecule has 1 aromatic rings. The summed E-state index contributed by atoms with van der Waals surface area (Å²) >= 11 is 6.09. The second-order valence-corrected chi connectivity index (χ2v) is 7.49. The zero-order valence-electron chi connectivity index (χ0n) is 14.1. The van der Waals surface area contributed by atoms with Crippen molar-refractivity contribution in [3.8, 4) is 0 Å². The van der Waals surface area contributed by atoms with Crippen molar-refractivity contribution in [2.75, 3.05) is 13.1 Å². The Balaban J connectivity index is 2.16. The summed E-state index contributed by atoms with van der Waals surface area (Å²) in [6.07, 6.45) is 1.24. The summed E-state index contributed by atoms with van der Waals surface area (Å²) in [5.41, 5.74) is 5.68. The molecule has 126 valence electrons. The van der Waals surface area contributed by atoms with Gasteiger partial charge in [-0.3, -0.25) is 4.79 Å². The molecule has 0 unspecified atom stereocenters. The van der Waals surface area contributed by atoms with Crippen LogP contribution in [0.25, 0.3) is 0 Å². The van der Waals surface area contributed by atoms with Crippen LogP contribution in [0.4, 0.5) is 0 Å². The summed E-state index contributed by atoms with van der Waals surface area (Å²) in [5.74, 6) is 0.337. The van der Waals surface area contributed by atoms with Gasteiger partial charge in [0, 0.05) is 18.1 Å². The molecular weight excluding hydrogens is 312 g/mol. The number of hydrogen-bond donors (Lipinski definition) is 1. The number of likely N-dealkylation sites (tertiary alicyclic amines) is 1. The van der Waals surface area contributed by atoms with E-state index in [1.54, 1.807) is 6.07 Å². The lowest BCUT2D eigenvalue weighted by Crippen LogP contribution is -2.50. The van der Waals surface area contributed by atoms with Crippen molar-refractivity contribution in [2.45, 2.75) is 44.6 Å². The molecule has 1 fully saturated rings. The van der Waals surface area contributed by atoms with E-state index in [9.17, 15) is 4.79 Å². The Kier molecular flexibility index (Phi) is 4.95. The minimum absolute atomic E-state index is 0.289. The molecule has 1 aliphatic heterocycles. The molecule has 1 amide bonds. The first-order chi connectivity index (χ1) is 10.6. The first-order valence-electron chi connectivity index (χ1n) is 7.83. The van der Waals surface area contributed by atoms with E-state index in [0.29, 0.717) is 36.8 Å². The van der Waals surface area contributed by atoms with Gasteiger partial charge in [-0.1, -0.05) is 23.7 Å². The molecule has 0 aromatic heterocycles. The summed E-state index contributed by atoms with van der Waals surface area (Å²) in [6, 6.07) is 7.42. The molecule has 0 aliphatic carbocycles. The van der Waals surface area contributed by atoms with E-state index in [0.717, 1.165) is 5.56 Å². The van der Waals surface area contributed by atoms with E-state index in [4.69, 9.17) is 22.1 Å². The molecule has 0 saturated carbocycles. The Morgan fingerprint density at radius 1 is 1.35 bits per heavy atom. The van der Waals surface area contributed by atoms with Gasteiger partial charge in [-0.2, -0.15) is 0 Å². The van der Waals surface area contributed by atoms with Crippen LogP contribution in [0.2, 0.25) is 5.02 Å². The van der Waals surface area contributed by atoms with Crippen LogP contribution in [-0.4, -0.2) is 29.5 Å². The molecule has 0 atom stereocenters. The van der Waals surface area contributed by atoms with Gasteiger partial charge in [0.25, 0.3) is 0 Å². The van der Waals surface area contributed by atoms with Gasteiger partial charge in [0.05, 0.1) is 5.41 Å². The standard InChI is InChI=1S/C18H25ClN2O2/c1-13(23-17(2,3)4)21-10-8-18(9-11-21,16(20)22)14-6-5-7-15(19)12-14/h5-7,12H,1,8-11H2,2-4H3,(H2,20,22). The summed E-state index contributed by atoms with van der Waals surface area (Å²) in [6.45, 7) is 11.3. The SMILES string of the molecule is C=C(OC(C)(C)C)N1CCC(C(N)=O)(c2cccc(Cl)c2)CC1. The Morgan fingerprint density at radius 2 is 1.96 bits per heavy atom. The van der Waals surface area contributed by atoms with Crippen LogP contribution in [0.3, 0.4) is 0 Å². The lowest BCUT2D eigenvalue weighted by molar-refractivity contribution is -0.125. The van der Waals surface area contributed by atoms with Crippen LogP contribution < -0.4 is 5.73 Å². The van der Waals surface area contributed by atoms with Crippen LogP contribution >= 0.6 is 11.6 Å². The number of ether oxygens (including phenoxy) is 1. The Bertz CT molecular complexity index is 599. The summed E-state index contributed by atoms with van der Waals surface area (Å²) in [5, 5.41) is 0.617. The zero-order chi connectivity index (χ0) is 17.3. The third-order valence-corrected chi connectivity index (χ3v) is 4.48. The van der Waals surface area contributed by atoms with Crippen molar-refractivity contribution in [1.82, 2.24) is 4.90 Å². The molecule has 1 aliphatic rings. The number of rotatable bonds is 4. The molecule has 5 heteroatoms. The Labute approximate surface area is 143 Å². The van der Waals surface area contributed by atoms with Crippen LogP contribution in [-0.2, 0) is 14.9 Å². The van der Waals surface area contributed by atoms with Gasteiger partial charge in [-0.15, -0.1) is 0 Å². The third-order valence-electron chi connectivity index (χ3n) is 4.24. The lowest BCUT2D eigenvalue weighted by Gasteiger charge is -2.42. The maximum atomic E-state index is 12.2. The number of halogens is 1. The lowest BCUT2D eigenvalue weighted by atomic mass is 9.72. The Hall–Kier alpha value is -1.68. The van der Waals surface area contributed by atoms with Gasteiger partial charge < -0.3 is 15.4 Å². The number of nitrogens with two attached hydrogens (primary N) is 1. The maximum absolute atomic E-state index is 12.2. The van der Waals surface area contributed by atoms with E-state index in [-0.39, 0.29) is 11.5 Å². The molecule has 1 saturated heterocycles. The molecule has 2 rings (SSSR count). The average molecular weight is 337 g/mol. The van der Waals surface area contributed by atoms with E-state index in [1.165, 1.54) is 0 Å². The highest BCUT2D eigenvalue weighted by atomic mass is 35.5. The fraction of sp³-hybridized carbons (Fsp3) is 0.500. The topological polar surface area (TPSA) is 55.6 Å². The van der Waals surface area contributed by atoms with Crippen molar-refractivity contribution < 1.29 is 9.53 Å². The second kappa shape index (κ2) is 6.44. The highest BCUT2D eigenvalue weighted by molar-refractivity contribution is 6.30. The largest absolute Gasteiger partial charge is 0.474 e. The van der Waals surface area contributed by atoms with Gasteiger partial charge in [0.1, 0.15) is 5.60 Å². The van der Waals surface area contributed by atoms with Crippen molar-refractivity contribution in [3.63, 3.8) is 0 Å². The number of piperidine rings is 1. The van der Waals surface area contributed by atoms with Crippen molar-refractivity contribution in [1.29, 1.82) is 0 Å². The van der Waals surface area contributed by atoms with Crippen molar-refractivity contribution in [2.24, 2.45) is 5.73 Å². The fourth-order valence-electron chi connectivity index (χ4n) is 3.02. The number of hydrogen-bond acceptors (Lipinski definition) is 3. The molecule has 1 heterocycles. The molecule has 23 heavy (non-hydrogen) atoms. The van der Waals surface area contributed by atoms with E-state index >= 15 is 0 Å². The van der Waals surface area contributed by atoms with Crippen LogP contribution in [0.1, 0.15) is 39.2 Å². The number of carbonyl (C=O) groups is 1. The minimum Gasteiger partial charge on any atom is -0.474 e. The van der Waals surface area contributed by atoms with Crippen LogP contribution in [0.5, 0.6) is 0 Å². The molecule has 0 radical (unpaired) electrons. The molecule has 2 N–H and O–H groups in total. The summed E-state index contributed by atoms with van der Waals surface area (Å²) < 4.78 is 5.82. The molecule has 4 nitrogen and oxygen atoms in total. The number of benzene rings is 1. The van der Waals surface area contributed by atoms with Crippen molar-refractivity contribution >= 4 is 17.5 Å². The summed E-state index contributed by atoms with van der Waals surface area (Å²) in [4.78, 5) is 14.3. The smallest absolute Gasteiger partial charge is 0.228 e. The van der Waals surface area contributed by atoms with E-state index in [1.807, 2.05) is 39.0 Å². The fourth-order valence-corrected chi connectivity index (χ4v) is 3.21.